The van der Waals surface area contributed by atoms with E-state index in [4.69, 9.17) is 5.11 Å². The van der Waals surface area contributed by atoms with E-state index < -0.39 is 16.0 Å². The van der Waals surface area contributed by atoms with E-state index in [0.717, 1.165) is 24.8 Å². The second-order valence-corrected chi connectivity index (χ2v) is 7.73. The van der Waals surface area contributed by atoms with Crippen molar-refractivity contribution in [1.82, 2.24) is 4.72 Å². The Morgan fingerprint density at radius 3 is 2.43 bits per heavy atom. The van der Waals surface area contributed by atoms with Crippen LogP contribution < -0.4 is 4.72 Å². The topological polar surface area (TPSA) is 83.5 Å². The number of rotatable bonds is 8. The maximum absolute atomic E-state index is 12.0. The molecule has 6 heteroatoms. The third-order valence-electron chi connectivity index (χ3n) is 4.11. The van der Waals surface area contributed by atoms with Crippen molar-refractivity contribution in [3.05, 3.63) is 35.9 Å². The van der Waals surface area contributed by atoms with Gasteiger partial charge >= 0.3 is 5.97 Å². The minimum Gasteiger partial charge on any atom is -0.481 e. The van der Waals surface area contributed by atoms with Crippen LogP contribution in [0.2, 0.25) is 0 Å². The number of hydrogen-bond acceptors (Lipinski definition) is 3. The molecule has 21 heavy (non-hydrogen) atoms. The molecule has 0 atom stereocenters. The molecule has 116 valence electrons. The summed E-state index contributed by atoms with van der Waals surface area (Å²) >= 11 is 0. The summed E-state index contributed by atoms with van der Waals surface area (Å²) in [5.41, 5.74) is 0.595. The Kier molecular flexibility index (Phi) is 5.00. The van der Waals surface area contributed by atoms with Crippen LogP contribution >= 0.6 is 0 Å². The highest BCUT2D eigenvalue weighted by Gasteiger charge is 2.39. The molecule has 1 fully saturated rings. The average molecular weight is 311 g/mol. The fourth-order valence-corrected chi connectivity index (χ4v) is 3.82. The lowest BCUT2D eigenvalue weighted by atomic mass is 9.67. The summed E-state index contributed by atoms with van der Waals surface area (Å²) in [6, 6.07) is 9.44. The predicted molar refractivity (Wildman–Crippen MR) is 80.5 cm³/mol. The van der Waals surface area contributed by atoms with Gasteiger partial charge in [0.1, 0.15) is 0 Å². The summed E-state index contributed by atoms with van der Waals surface area (Å²) in [5, 5.41) is 8.92. The molecule has 2 N–H and O–H groups in total. The summed E-state index contributed by atoms with van der Waals surface area (Å²) in [5.74, 6) is -0.835. The summed E-state index contributed by atoms with van der Waals surface area (Å²) < 4.78 is 26.6. The molecule has 0 aromatic heterocycles. The molecule has 0 spiro atoms. The van der Waals surface area contributed by atoms with Crippen LogP contribution in [0.5, 0.6) is 0 Å². The van der Waals surface area contributed by atoms with Gasteiger partial charge in [-0.05, 0) is 30.2 Å². The van der Waals surface area contributed by atoms with E-state index in [1.54, 1.807) is 0 Å². The monoisotopic (exact) mass is 311 g/mol. The van der Waals surface area contributed by atoms with Gasteiger partial charge in [0.25, 0.3) is 0 Å². The van der Waals surface area contributed by atoms with E-state index in [9.17, 15) is 13.2 Å². The molecule has 1 aromatic rings. The highest BCUT2D eigenvalue weighted by atomic mass is 32.2. The van der Waals surface area contributed by atoms with E-state index in [1.807, 2.05) is 30.3 Å². The fraction of sp³-hybridized carbons (Fsp3) is 0.533. The van der Waals surface area contributed by atoms with Crippen molar-refractivity contribution in [2.75, 3.05) is 12.3 Å². The normalized spacial score (nSPS) is 17.1. The Balaban J connectivity index is 1.85. The standard InChI is InChI=1S/C15H21NO4S/c17-14(18)11-15(8-4-9-15)12-16-21(19,20)10-7-13-5-2-1-3-6-13/h1-3,5-6,16H,4,7-12H2,(H,17,18). The summed E-state index contributed by atoms with van der Waals surface area (Å²) in [6.07, 6.45) is 3.02. The number of sulfonamides is 1. The average Bonchev–Trinajstić information content (AvgIpc) is 2.40. The predicted octanol–water partition coefficient (Wildman–Crippen LogP) is 1.79. The molecule has 1 aromatic carbocycles. The molecule has 0 saturated heterocycles. The summed E-state index contributed by atoms with van der Waals surface area (Å²) in [4.78, 5) is 10.9. The van der Waals surface area contributed by atoms with Gasteiger partial charge in [-0.3, -0.25) is 4.79 Å². The number of nitrogens with one attached hydrogen (secondary N) is 1. The maximum Gasteiger partial charge on any atom is 0.303 e. The Labute approximate surface area is 125 Å². The largest absolute Gasteiger partial charge is 0.481 e. The van der Waals surface area contributed by atoms with Crippen LogP contribution in [0.4, 0.5) is 0 Å². The number of benzene rings is 1. The van der Waals surface area contributed by atoms with Gasteiger partial charge in [-0.15, -0.1) is 0 Å². The van der Waals surface area contributed by atoms with Crippen LogP contribution in [0.1, 0.15) is 31.2 Å². The van der Waals surface area contributed by atoms with Crippen molar-refractivity contribution in [2.24, 2.45) is 5.41 Å². The highest BCUT2D eigenvalue weighted by molar-refractivity contribution is 7.89. The minimum atomic E-state index is -3.37. The quantitative estimate of drug-likeness (QED) is 0.767. The van der Waals surface area contributed by atoms with Gasteiger partial charge in [0, 0.05) is 6.54 Å². The summed E-state index contributed by atoms with van der Waals surface area (Å²) in [6.45, 7) is 0.233. The zero-order chi connectivity index (χ0) is 15.3. The van der Waals surface area contributed by atoms with Gasteiger partial charge in [0.05, 0.1) is 12.2 Å². The molecule has 0 bridgehead atoms. The van der Waals surface area contributed by atoms with Gasteiger partial charge in [0.2, 0.25) is 10.0 Å². The fourth-order valence-electron chi connectivity index (χ4n) is 2.65. The van der Waals surface area contributed by atoms with Gasteiger partial charge < -0.3 is 5.11 Å². The smallest absolute Gasteiger partial charge is 0.303 e. The number of carbonyl (C=O) groups is 1. The van der Waals surface area contributed by atoms with Crippen molar-refractivity contribution >= 4 is 16.0 Å². The number of aliphatic carboxylic acids is 1. The Morgan fingerprint density at radius 2 is 1.90 bits per heavy atom. The molecule has 0 aliphatic heterocycles. The Bertz CT molecular complexity index is 579. The first-order valence-electron chi connectivity index (χ1n) is 7.14. The van der Waals surface area contributed by atoms with Crippen LogP contribution in [0.15, 0.2) is 30.3 Å². The molecular weight excluding hydrogens is 290 g/mol. The Morgan fingerprint density at radius 1 is 1.24 bits per heavy atom. The van der Waals surface area contributed by atoms with Gasteiger partial charge in [-0.25, -0.2) is 13.1 Å². The maximum atomic E-state index is 12.0. The van der Waals surface area contributed by atoms with Crippen LogP contribution in [0, 0.1) is 5.41 Å². The molecule has 1 aliphatic rings. The van der Waals surface area contributed by atoms with E-state index >= 15 is 0 Å². The minimum absolute atomic E-state index is 0.0279. The molecule has 1 saturated carbocycles. The van der Waals surface area contributed by atoms with E-state index in [-0.39, 0.29) is 24.1 Å². The van der Waals surface area contributed by atoms with Gasteiger partial charge in [-0.1, -0.05) is 36.8 Å². The third-order valence-corrected chi connectivity index (χ3v) is 5.44. The van der Waals surface area contributed by atoms with Gasteiger partial charge in [-0.2, -0.15) is 0 Å². The lowest BCUT2D eigenvalue weighted by Crippen LogP contribution is -2.44. The first kappa shape index (κ1) is 16.0. The second-order valence-electron chi connectivity index (χ2n) is 5.80. The third kappa shape index (κ3) is 4.82. The van der Waals surface area contributed by atoms with Crippen LogP contribution in [0.25, 0.3) is 0 Å². The van der Waals surface area contributed by atoms with E-state index in [1.165, 1.54) is 0 Å². The molecule has 0 unspecified atom stereocenters. The van der Waals surface area contributed by atoms with Crippen molar-refractivity contribution in [2.45, 2.75) is 32.1 Å². The lowest BCUT2D eigenvalue weighted by molar-refractivity contribution is -0.141. The molecule has 1 aliphatic carbocycles. The molecule has 2 rings (SSSR count). The zero-order valence-corrected chi connectivity index (χ0v) is 12.7. The van der Waals surface area contributed by atoms with Crippen molar-refractivity contribution in [3.63, 3.8) is 0 Å². The van der Waals surface area contributed by atoms with Crippen LogP contribution in [-0.2, 0) is 21.2 Å². The van der Waals surface area contributed by atoms with Crippen LogP contribution in [0.3, 0.4) is 0 Å². The van der Waals surface area contributed by atoms with Crippen molar-refractivity contribution in [3.8, 4) is 0 Å². The number of carboxylic acids is 1. The van der Waals surface area contributed by atoms with E-state index in [0.29, 0.717) is 6.42 Å². The van der Waals surface area contributed by atoms with Gasteiger partial charge in [0.15, 0.2) is 0 Å². The lowest BCUT2D eigenvalue weighted by Gasteiger charge is -2.40. The molecule has 5 nitrogen and oxygen atoms in total. The highest BCUT2D eigenvalue weighted by Crippen LogP contribution is 2.43. The van der Waals surface area contributed by atoms with Crippen molar-refractivity contribution < 1.29 is 18.3 Å². The zero-order valence-electron chi connectivity index (χ0n) is 11.9. The van der Waals surface area contributed by atoms with E-state index in [2.05, 4.69) is 4.72 Å². The molecule has 0 heterocycles. The molecule has 0 radical (unpaired) electrons. The summed E-state index contributed by atoms with van der Waals surface area (Å²) in [7, 11) is -3.37. The molecular formula is C15H21NO4S. The number of hydrogen-bond donors (Lipinski definition) is 2. The first-order valence-corrected chi connectivity index (χ1v) is 8.79. The SMILES string of the molecule is O=C(O)CC1(CNS(=O)(=O)CCc2ccccc2)CCC1. The number of carboxylic acid groups (broad SMARTS) is 1. The van der Waals surface area contributed by atoms with Crippen LogP contribution in [-0.4, -0.2) is 31.8 Å². The molecule has 0 amide bonds. The second kappa shape index (κ2) is 6.58. The Hall–Kier alpha value is -1.40. The first-order chi connectivity index (χ1) is 9.91. The number of aryl methyl sites for hydroxylation is 1. The van der Waals surface area contributed by atoms with Crippen molar-refractivity contribution in [1.29, 1.82) is 0 Å².